The molecule has 1 amide bonds. The minimum absolute atomic E-state index is 0.233. The lowest BCUT2D eigenvalue weighted by molar-refractivity contribution is -0.658. The summed E-state index contributed by atoms with van der Waals surface area (Å²) in [5.41, 5.74) is 10.3. The Morgan fingerprint density at radius 1 is 1.03 bits per heavy atom. The first-order chi connectivity index (χ1) is 16.5. The monoisotopic (exact) mass is 450 g/mol. The number of amides is 1. The van der Waals surface area contributed by atoms with E-state index in [1.165, 1.54) is 4.40 Å². The van der Waals surface area contributed by atoms with Crippen molar-refractivity contribution >= 4 is 34.1 Å². The molecule has 5 rings (SSSR count). The van der Waals surface area contributed by atoms with E-state index in [0.717, 1.165) is 11.1 Å². The molecule has 0 saturated carbocycles. The summed E-state index contributed by atoms with van der Waals surface area (Å²) in [6, 6.07) is 24.4. The highest BCUT2D eigenvalue weighted by molar-refractivity contribution is 6.08. The molecule has 3 heterocycles. The van der Waals surface area contributed by atoms with E-state index in [-0.39, 0.29) is 22.8 Å². The molecule has 2 aromatic carbocycles. The van der Waals surface area contributed by atoms with Crippen molar-refractivity contribution in [1.29, 1.82) is 0 Å². The predicted molar refractivity (Wildman–Crippen MR) is 133 cm³/mol. The summed E-state index contributed by atoms with van der Waals surface area (Å²) in [4.78, 5) is 31.3. The summed E-state index contributed by atoms with van der Waals surface area (Å²) < 4.78 is 3.24. The van der Waals surface area contributed by atoms with E-state index < -0.39 is 0 Å². The zero-order chi connectivity index (χ0) is 23.7. The van der Waals surface area contributed by atoms with Crippen LogP contribution in [-0.4, -0.2) is 15.3 Å². The van der Waals surface area contributed by atoms with Gasteiger partial charge in [0.2, 0.25) is 11.5 Å². The number of aryl methyl sites for hydroxylation is 3. The van der Waals surface area contributed by atoms with Crippen LogP contribution in [0.25, 0.3) is 16.7 Å². The van der Waals surface area contributed by atoms with Crippen molar-refractivity contribution in [3.63, 3.8) is 0 Å². The number of hydrogen-bond donors (Lipinski definition) is 2. The number of hydrogen-bond acceptors (Lipinski definition) is 4. The van der Waals surface area contributed by atoms with Crippen molar-refractivity contribution in [3.8, 4) is 0 Å². The average molecular weight is 451 g/mol. The molecule has 0 atom stereocenters. The number of carbonyl (C=O) groups is 1. The maximum atomic E-state index is 13.3. The fourth-order valence-electron chi connectivity index (χ4n) is 4.12. The molecule has 0 unspecified atom stereocenters. The minimum atomic E-state index is -0.379. The van der Waals surface area contributed by atoms with Crippen LogP contribution in [0.3, 0.4) is 0 Å². The van der Waals surface area contributed by atoms with Crippen molar-refractivity contribution in [3.05, 3.63) is 112 Å². The minimum Gasteiger partial charge on any atom is -0.322 e. The molecule has 0 aliphatic heterocycles. The standard InChI is InChI=1S/C27H23N5O2/c1-18-8-7-11-20(16-18)29-26(33)21-17-22-25(30-23-12-5-6-14-31(23)27(22)34)32(24(21)28)15-13-19-9-3-2-4-10-19/h2-12,14,16-17,28H,13,15H2,1H3,(H,29,33)/p+1. The highest BCUT2D eigenvalue weighted by atomic mass is 16.1. The Balaban J connectivity index is 1.67. The van der Waals surface area contributed by atoms with Crippen LogP contribution in [-0.2, 0) is 13.0 Å². The molecule has 0 aliphatic carbocycles. The van der Waals surface area contributed by atoms with Crippen LogP contribution in [0.5, 0.6) is 0 Å². The number of nitrogen functional groups attached to an aromatic ring is 1. The SMILES string of the molecule is Cc1cccc(NC(=O)c2cc3c(=O)n4ccccc4nc3[n+](CCc3ccccc3)c2N)c1. The number of fused-ring (bicyclic) bond motifs is 2. The van der Waals surface area contributed by atoms with Gasteiger partial charge in [0.25, 0.3) is 17.1 Å². The molecule has 0 spiro atoms. The molecule has 7 nitrogen and oxygen atoms in total. The summed E-state index contributed by atoms with van der Waals surface area (Å²) >= 11 is 0. The first-order valence-corrected chi connectivity index (χ1v) is 11.1. The van der Waals surface area contributed by atoms with E-state index in [4.69, 9.17) is 10.7 Å². The number of nitrogens with two attached hydrogens (primary N) is 1. The van der Waals surface area contributed by atoms with Crippen LogP contribution >= 0.6 is 0 Å². The zero-order valence-electron chi connectivity index (χ0n) is 18.7. The zero-order valence-corrected chi connectivity index (χ0v) is 18.7. The molecular formula is C27H24N5O2+. The van der Waals surface area contributed by atoms with Gasteiger partial charge in [-0.25, -0.2) is 4.57 Å². The van der Waals surface area contributed by atoms with E-state index in [2.05, 4.69) is 5.32 Å². The van der Waals surface area contributed by atoms with Gasteiger partial charge in [-0.3, -0.25) is 14.0 Å². The van der Waals surface area contributed by atoms with Crippen LogP contribution < -0.4 is 21.2 Å². The molecule has 3 N–H and O–H groups in total. The van der Waals surface area contributed by atoms with Crippen LogP contribution in [0, 0.1) is 6.92 Å². The molecule has 0 fully saturated rings. The molecule has 34 heavy (non-hydrogen) atoms. The average Bonchev–Trinajstić information content (AvgIpc) is 2.84. The van der Waals surface area contributed by atoms with Gasteiger partial charge in [-0.05, 0) is 48.4 Å². The lowest BCUT2D eigenvalue weighted by atomic mass is 10.1. The van der Waals surface area contributed by atoms with E-state index >= 15 is 0 Å². The van der Waals surface area contributed by atoms with Gasteiger partial charge in [-0.1, -0.05) is 53.5 Å². The second-order valence-corrected chi connectivity index (χ2v) is 8.24. The van der Waals surface area contributed by atoms with Crippen LogP contribution in [0.1, 0.15) is 21.5 Å². The summed E-state index contributed by atoms with van der Waals surface area (Å²) in [5.74, 6) is -0.114. The van der Waals surface area contributed by atoms with E-state index in [9.17, 15) is 9.59 Å². The van der Waals surface area contributed by atoms with E-state index in [1.54, 1.807) is 29.0 Å². The van der Waals surface area contributed by atoms with E-state index in [0.29, 0.717) is 35.3 Å². The van der Waals surface area contributed by atoms with Crippen LogP contribution in [0.15, 0.2) is 89.9 Å². The van der Waals surface area contributed by atoms with Gasteiger partial charge >= 0.3 is 0 Å². The number of benzene rings is 2. The fraction of sp³-hybridized carbons (Fsp3) is 0.111. The van der Waals surface area contributed by atoms with Gasteiger partial charge < -0.3 is 11.1 Å². The second kappa shape index (κ2) is 8.78. The number of rotatable bonds is 5. The number of pyridine rings is 2. The molecule has 0 radical (unpaired) electrons. The van der Waals surface area contributed by atoms with Gasteiger partial charge in [-0.2, -0.15) is 0 Å². The largest absolute Gasteiger partial charge is 0.322 e. The van der Waals surface area contributed by atoms with Crippen molar-refractivity contribution in [2.24, 2.45) is 0 Å². The van der Waals surface area contributed by atoms with Gasteiger partial charge in [0.15, 0.2) is 0 Å². The summed E-state index contributed by atoms with van der Waals surface area (Å²) in [7, 11) is 0. The Morgan fingerprint density at radius 2 is 1.82 bits per heavy atom. The molecule has 0 saturated heterocycles. The number of carbonyl (C=O) groups excluding carboxylic acids is 1. The Hall–Kier alpha value is -4.52. The fourth-order valence-corrected chi connectivity index (χ4v) is 4.12. The van der Waals surface area contributed by atoms with Crippen molar-refractivity contribution in [2.75, 3.05) is 11.1 Å². The third-order valence-electron chi connectivity index (χ3n) is 5.85. The summed E-state index contributed by atoms with van der Waals surface area (Å²) in [6.07, 6.45) is 2.34. The number of aromatic nitrogens is 3. The molecule has 0 aliphatic rings. The van der Waals surface area contributed by atoms with Gasteiger partial charge in [0, 0.05) is 18.3 Å². The van der Waals surface area contributed by atoms with E-state index in [1.807, 2.05) is 67.6 Å². The van der Waals surface area contributed by atoms with Crippen molar-refractivity contribution in [1.82, 2.24) is 9.38 Å². The molecule has 7 heteroatoms. The number of anilines is 2. The van der Waals surface area contributed by atoms with Gasteiger partial charge in [0.1, 0.15) is 10.9 Å². The maximum Gasteiger partial charge on any atom is 0.278 e. The molecular weight excluding hydrogens is 426 g/mol. The molecule has 0 bridgehead atoms. The van der Waals surface area contributed by atoms with Crippen LogP contribution in [0.2, 0.25) is 0 Å². The quantitative estimate of drug-likeness (QED) is 0.317. The number of nitrogens with zero attached hydrogens (tertiary/aromatic N) is 3. The first kappa shape index (κ1) is 21.3. The maximum absolute atomic E-state index is 13.3. The Morgan fingerprint density at radius 3 is 2.62 bits per heavy atom. The third-order valence-corrected chi connectivity index (χ3v) is 5.85. The highest BCUT2D eigenvalue weighted by Gasteiger charge is 2.24. The molecule has 168 valence electrons. The Bertz CT molecular complexity index is 1590. The van der Waals surface area contributed by atoms with Gasteiger partial charge in [-0.15, -0.1) is 0 Å². The smallest absolute Gasteiger partial charge is 0.278 e. The molecule has 3 aromatic heterocycles. The Kier molecular flexibility index (Phi) is 5.51. The van der Waals surface area contributed by atoms with Gasteiger partial charge in [0.05, 0.1) is 6.54 Å². The highest BCUT2D eigenvalue weighted by Crippen LogP contribution is 2.18. The lowest BCUT2D eigenvalue weighted by Gasteiger charge is -2.13. The topological polar surface area (TPSA) is 93.4 Å². The lowest BCUT2D eigenvalue weighted by Crippen LogP contribution is -2.43. The summed E-state index contributed by atoms with van der Waals surface area (Å²) in [5, 5.41) is 3.23. The second-order valence-electron chi connectivity index (χ2n) is 8.24. The summed E-state index contributed by atoms with van der Waals surface area (Å²) in [6.45, 7) is 2.42. The number of nitrogens with one attached hydrogen (secondary N) is 1. The van der Waals surface area contributed by atoms with Crippen molar-refractivity contribution in [2.45, 2.75) is 19.9 Å². The Labute approximate surface area is 196 Å². The van der Waals surface area contributed by atoms with Crippen molar-refractivity contribution < 1.29 is 9.36 Å². The first-order valence-electron chi connectivity index (χ1n) is 11.1. The predicted octanol–water partition coefficient (Wildman–Crippen LogP) is 3.52. The molecule has 5 aromatic rings. The van der Waals surface area contributed by atoms with Crippen LogP contribution in [0.4, 0.5) is 11.5 Å². The normalized spacial score (nSPS) is 11.1. The third kappa shape index (κ3) is 3.99.